The third-order valence-electron chi connectivity index (χ3n) is 3.81. The van der Waals surface area contributed by atoms with Gasteiger partial charge in [-0.25, -0.2) is 14.8 Å². The van der Waals surface area contributed by atoms with Crippen LogP contribution in [0.5, 0.6) is 5.75 Å². The van der Waals surface area contributed by atoms with E-state index in [1.807, 2.05) is 11.5 Å². The standard InChI is InChI=1S/C18H16ClN3O4/c1-10-20-17-16(7-6-15(21-17)18(24)25-3)22(10)9-12-4-5-13(8-14(12)19)26-11(2)23/h4-8H,9H2,1-3H3. The van der Waals surface area contributed by atoms with Gasteiger partial charge in [-0.15, -0.1) is 0 Å². The lowest BCUT2D eigenvalue weighted by atomic mass is 10.2. The number of fused-ring (bicyclic) bond motifs is 1. The number of carbonyl (C=O) groups is 2. The van der Waals surface area contributed by atoms with Gasteiger partial charge in [0.25, 0.3) is 0 Å². The first-order valence-corrected chi connectivity index (χ1v) is 8.16. The number of esters is 2. The van der Waals surface area contributed by atoms with E-state index in [4.69, 9.17) is 16.3 Å². The number of methoxy groups -OCH3 is 1. The van der Waals surface area contributed by atoms with Crippen molar-refractivity contribution in [2.45, 2.75) is 20.4 Å². The summed E-state index contributed by atoms with van der Waals surface area (Å²) in [5.74, 6) is 0.207. The molecule has 0 fully saturated rings. The summed E-state index contributed by atoms with van der Waals surface area (Å²) >= 11 is 6.32. The summed E-state index contributed by atoms with van der Waals surface area (Å²) in [5, 5.41) is 0.476. The molecular weight excluding hydrogens is 358 g/mol. The van der Waals surface area contributed by atoms with E-state index in [1.165, 1.54) is 14.0 Å². The van der Waals surface area contributed by atoms with Crippen molar-refractivity contribution in [3.63, 3.8) is 0 Å². The molecule has 0 amide bonds. The van der Waals surface area contributed by atoms with Gasteiger partial charge in [0.1, 0.15) is 11.6 Å². The average Bonchev–Trinajstić information content (AvgIpc) is 2.90. The monoisotopic (exact) mass is 373 g/mol. The van der Waals surface area contributed by atoms with Crippen LogP contribution in [-0.2, 0) is 16.1 Å². The summed E-state index contributed by atoms with van der Waals surface area (Å²) in [6.45, 7) is 3.64. The minimum Gasteiger partial charge on any atom is -0.464 e. The van der Waals surface area contributed by atoms with Gasteiger partial charge in [-0.2, -0.15) is 0 Å². The molecule has 0 atom stereocenters. The Labute approximate surface area is 154 Å². The third-order valence-corrected chi connectivity index (χ3v) is 4.16. The molecule has 134 valence electrons. The van der Waals surface area contributed by atoms with Crippen molar-refractivity contribution in [2.75, 3.05) is 7.11 Å². The first-order chi connectivity index (χ1) is 12.4. The molecule has 26 heavy (non-hydrogen) atoms. The van der Waals surface area contributed by atoms with Crippen molar-refractivity contribution in [3.05, 3.63) is 52.4 Å². The van der Waals surface area contributed by atoms with Gasteiger partial charge in [0, 0.05) is 11.9 Å². The van der Waals surface area contributed by atoms with Gasteiger partial charge in [0.05, 0.1) is 19.2 Å². The number of aryl methyl sites for hydroxylation is 1. The fourth-order valence-corrected chi connectivity index (χ4v) is 2.83. The normalized spacial score (nSPS) is 10.8. The molecule has 0 aliphatic carbocycles. The number of rotatable bonds is 4. The summed E-state index contributed by atoms with van der Waals surface area (Å²) in [6, 6.07) is 8.44. The summed E-state index contributed by atoms with van der Waals surface area (Å²) in [6.07, 6.45) is 0. The van der Waals surface area contributed by atoms with Crippen molar-refractivity contribution in [1.29, 1.82) is 0 Å². The Balaban J connectivity index is 1.95. The van der Waals surface area contributed by atoms with Gasteiger partial charge < -0.3 is 14.0 Å². The molecule has 7 nitrogen and oxygen atoms in total. The lowest BCUT2D eigenvalue weighted by Crippen LogP contribution is -2.05. The maximum Gasteiger partial charge on any atom is 0.356 e. The smallest absolute Gasteiger partial charge is 0.356 e. The number of aromatic nitrogens is 3. The molecule has 8 heteroatoms. The van der Waals surface area contributed by atoms with Gasteiger partial charge in [-0.3, -0.25) is 4.79 Å². The molecule has 0 radical (unpaired) electrons. The number of carbonyl (C=O) groups excluding carboxylic acids is 2. The molecule has 0 saturated carbocycles. The Hall–Kier alpha value is -2.93. The minimum atomic E-state index is -0.511. The fourth-order valence-electron chi connectivity index (χ4n) is 2.60. The van der Waals surface area contributed by atoms with Gasteiger partial charge in [0.15, 0.2) is 11.3 Å². The third kappa shape index (κ3) is 3.52. The van der Waals surface area contributed by atoms with E-state index < -0.39 is 11.9 Å². The number of imidazole rings is 1. The van der Waals surface area contributed by atoms with Crippen LogP contribution in [0.1, 0.15) is 28.8 Å². The van der Waals surface area contributed by atoms with E-state index in [-0.39, 0.29) is 5.69 Å². The van der Waals surface area contributed by atoms with Crippen molar-refractivity contribution >= 4 is 34.7 Å². The molecule has 0 aliphatic rings. The average molecular weight is 374 g/mol. The van der Waals surface area contributed by atoms with Crippen LogP contribution in [0.2, 0.25) is 5.02 Å². The Morgan fingerprint density at radius 1 is 1.19 bits per heavy atom. The summed E-state index contributed by atoms with van der Waals surface area (Å²) in [7, 11) is 1.31. The fraction of sp³-hybridized carbons (Fsp3) is 0.222. The van der Waals surface area contributed by atoms with E-state index in [0.717, 1.165) is 16.9 Å². The summed E-state index contributed by atoms with van der Waals surface area (Å²) < 4.78 is 11.7. The lowest BCUT2D eigenvalue weighted by molar-refractivity contribution is -0.131. The summed E-state index contributed by atoms with van der Waals surface area (Å²) in [5.41, 5.74) is 2.27. The maximum absolute atomic E-state index is 11.6. The number of hydrogen-bond donors (Lipinski definition) is 0. The second-order valence-electron chi connectivity index (χ2n) is 5.62. The van der Waals surface area contributed by atoms with E-state index in [2.05, 4.69) is 14.7 Å². The Morgan fingerprint density at radius 3 is 2.62 bits per heavy atom. The Kier molecular flexibility index (Phi) is 4.90. The van der Waals surface area contributed by atoms with E-state index >= 15 is 0 Å². The van der Waals surface area contributed by atoms with Crippen LogP contribution >= 0.6 is 11.6 Å². The highest BCUT2D eigenvalue weighted by Crippen LogP contribution is 2.25. The lowest BCUT2D eigenvalue weighted by Gasteiger charge is -2.10. The largest absolute Gasteiger partial charge is 0.464 e. The minimum absolute atomic E-state index is 0.202. The van der Waals surface area contributed by atoms with Gasteiger partial charge in [-0.05, 0) is 36.8 Å². The molecule has 0 saturated heterocycles. The summed E-state index contributed by atoms with van der Waals surface area (Å²) in [4.78, 5) is 31.3. The zero-order valence-electron chi connectivity index (χ0n) is 14.4. The number of hydrogen-bond acceptors (Lipinski definition) is 6. The second kappa shape index (κ2) is 7.13. The van der Waals surface area contributed by atoms with E-state index in [9.17, 15) is 9.59 Å². The molecule has 2 aromatic heterocycles. The molecule has 0 bridgehead atoms. The predicted molar refractivity (Wildman–Crippen MR) is 95.5 cm³/mol. The van der Waals surface area contributed by atoms with Crippen molar-refractivity contribution in [1.82, 2.24) is 14.5 Å². The number of halogens is 1. The van der Waals surface area contributed by atoms with Crippen molar-refractivity contribution in [3.8, 4) is 5.75 Å². The number of ether oxygens (including phenoxy) is 2. The van der Waals surface area contributed by atoms with Crippen LogP contribution in [0, 0.1) is 6.92 Å². The highest BCUT2D eigenvalue weighted by Gasteiger charge is 2.14. The highest BCUT2D eigenvalue weighted by molar-refractivity contribution is 6.31. The maximum atomic E-state index is 11.6. The molecule has 3 aromatic rings. The highest BCUT2D eigenvalue weighted by atomic mass is 35.5. The van der Waals surface area contributed by atoms with Crippen LogP contribution in [0.3, 0.4) is 0 Å². The number of pyridine rings is 1. The predicted octanol–water partition coefficient (Wildman–Crippen LogP) is 3.15. The molecule has 3 rings (SSSR count). The quantitative estimate of drug-likeness (QED) is 0.516. The van der Waals surface area contributed by atoms with E-state index in [0.29, 0.717) is 23.0 Å². The number of benzene rings is 1. The zero-order valence-corrected chi connectivity index (χ0v) is 15.2. The molecule has 1 aromatic carbocycles. The van der Waals surface area contributed by atoms with Gasteiger partial charge in [-0.1, -0.05) is 17.7 Å². The van der Waals surface area contributed by atoms with Crippen LogP contribution in [0.15, 0.2) is 30.3 Å². The van der Waals surface area contributed by atoms with Gasteiger partial charge >= 0.3 is 11.9 Å². The topological polar surface area (TPSA) is 83.3 Å². The van der Waals surface area contributed by atoms with Crippen molar-refractivity contribution < 1.29 is 19.1 Å². The Bertz CT molecular complexity index is 1010. The first-order valence-electron chi connectivity index (χ1n) is 7.78. The van der Waals surface area contributed by atoms with Crippen LogP contribution < -0.4 is 4.74 Å². The molecule has 0 aliphatic heterocycles. The molecule has 0 unspecified atom stereocenters. The zero-order chi connectivity index (χ0) is 18.8. The van der Waals surface area contributed by atoms with Crippen LogP contribution in [0.4, 0.5) is 0 Å². The van der Waals surface area contributed by atoms with E-state index in [1.54, 1.807) is 30.3 Å². The first kappa shape index (κ1) is 17.9. The number of nitrogens with zero attached hydrogens (tertiary/aromatic N) is 3. The van der Waals surface area contributed by atoms with Crippen molar-refractivity contribution in [2.24, 2.45) is 0 Å². The molecule has 0 spiro atoms. The molecule has 2 heterocycles. The SMILES string of the molecule is COC(=O)c1ccc2c(n1)nc(C)n2Cc1ccc(OC(C)=O)cc1Cl. The van der Waals surface area contributed by atoms with Crippen LogP contribution in [-0.4, -0.2) is 33.6 Å². The molecule has 0 N–H and O–H groups in total. The Morgan fingerprint density at radius 2 is 1.96 bits per heavy atom. The molecular formula is C18H16ClN3O4. The second-order valence-corrected chi connectivity index (χ2v) is 6.03. The van der Waals surface area contributed by atoms with Crippen LogP contribution in [0.25, 0.3) is 11.2 Å². The van der Waals surface area contributed by atoms with Gasteiger partial charge in [0.2, 0.25) is 0 Å².